The van der Waals surface area contributed by atoms with Crippen molar-refractivity contribution < 1.29 is 23.1 Å². The number of allylic oxidation sites excluding steroid dienone is 1. The third-order valence-electron chi connectivity index (χ3n) is 3.75. The largest absolute Gasteiger partial charge is 0.434 e. The van der Waals surface area contributed by atoms with E-state index in [4.69, 9.17) is 10.5 Å². The molecular formula is C15H14F2N2O3S. The molecule has 3 rings (SSSR count). The molecule has 2 N–H and O–H groups in total. The molecule has 0 unspecified atom stereocenters. The van der Waals surface area contributed by atoms with Gasteiger partial charge in [0.1, 0.15) is 11.6 Å². The minimum Gasteiger partial charge on any atom is -0.434 e. The molecule has 23 heavy (non-hydrogen) atoms. The van der Waals surface area contributed by atoms with Crippen LogP contribution in [0.4, 0.5) is 19.3 Å². The smallest absolute Gasteiger partial charge is 0.415 e. The summed E-state index contributed by atoms with van der Waals surface area (Å²) in [6.07, 6.45) is 0.427. The maximum absolute atomic E-state index is 14.4. The van der Waals surface area contributed by atoms with E-state index in [9.17, 15) is 18.4 Å². The van der Waals surface area contributed by atoms with Crippen LogP contribution < -0.4 is 10.6 Å². The molecule has 0 bridgehead atoms. The van der Waals surface area contributed by atoms with Gasteiger partial charge in [-0.2, -0.15) is 11.8 Å². The molecular weight excluding hydrogens is 326 g/mol. The zero-order valence-corrected chi connectivity index (χ0v) is 12.9. The Labute approximate surface area is 135 Å². The van der Waals surface area contributed by atoms with Crippen molar-refractivity contribution in [3.05, 3.63) is 35.4 Å². The Hall–Kier alpha value is -2.09. The summed E-state index contributed by atoms with van der Waals surface area (Å²) in [5.74, 6) is -0.759. The number of ether oxygens (including phenoxy) is 1. The lowest BCUT2D eigenvalue weighted by atomic mass is 10.0. The van der Waals surface area contributed by atoms with Gasteiger partial charge in [-0.05, 0) is 29.9 Å². The highest BCUT2D eigenvalue weighted by molar-refractivity contribution is 7.99. The standard InChI is InChI=1S/C15H14F2N2O3S/c16-10-5-9(19-7-12(14(18)20)22-15(19)21)6-11(17)13(10)8-1-3-23-4-2-8/h1,5-6,12H,2-4,7H2,(H2,18,20)/t12-/m1/s1. The normalized spacial score (nSPS) is 21.1. The maximum Gasteiger partial charge on any atom is 0.415 e. The molecule has 2 heterocycles. The second kappa shape index (κ2) is 6.19. The van der Waals surface area contributed by atoms with Crippen molar-refractivity contribution in [3.63, 3.8) is 0 Å². The molecule has 5 nitrogen and oxygen atoms in total. The number of hydrogen-bond acceptors (Lipinski definition) is 4. The third kappa shape index (κ3) is 3.03. The van der Waals surface area contributed by atoms with Gasteiger partial charge in [-0.25, -0.2) is 13.6 Å². The number of primary amides is 1. The monoisotopic (exact) mass is 340 g/mol. The summed E-state index contributed by atoms with van der Waals surface area (Å²) < 4.78 is 33.5. The quantitative estimate of drug-likeness (QED) is 0.916. The fourth-order valence-electron chi connectivity index (χ4n) is 2.60. The van der Waals surface area contributed by atoms with Crippen LogP contribution in [-0.2, 0) is 9.53 Å². The van der Waals surface area contributed by atoms with E-state index in [1.165, 1.54) is 0 Å². The van der Waals surface area contributed by atoms with Crippen molar-refractivity contribution in [1.82, 2.24) is 0 Å². The lowest BCUT2D eigenvalue weighted by Crippen LogP contribution is -2.32. The Kier molecular flexibility index (Phi) is 4.25. The first kappa shape index (κ1) is 15.8. The van der Waals surface area contributed by atoms with Crippen LogP contribution in [0.25, 0.3) is 5.57 Å². The van der Waals surface area contributed by atoms with Gasteiger partial charge >= 0.3 is 6.09 Å². The number of carbonyl (C=O) groups is 2. The third-order valence-corrected chi connectivity index (χ3v) is 4.65. The van der Waals surface area contributed by atoms with E-state index in [0.29, 0.717) is 17.7 Å². The van der Waals surface area contributed by atoms with E-state index in [0.717, 1.165) is 22.8 Å². The Morgan fingerprint density at radius 1 is 1.35 bits per heavy atom. The molecule has 0 saturated carbocycles. The summed E-state index contributed by atoms with van der Waals surface area (Å²) in [7, 11) is 0. The predicted molar refractivity (Wildman–Crippen MR) is 83.1 cm³/mol. The van der Waals surface area contributed by atoms with Gasteiger partial charge in [-0.1, -0.05) is 6.08 Å². The molecule has 1 atom stereocenters. The summed E-state index contributed by atoms with van der Waals surface area (Å²) in [5.41, 5.74) is 5.65. The zero-order valence-electron chi connectivity index (χ0n) is 12.1. The molecule has 2 aliphatic heterocycles. The second-order valence-corrected chi connectivity index (χ2v) is 6.37. The summed E-state index contributed by atoms with van der Waals surface area (Å²) >= 11 is 1.70. The number of halogens is 2. The van der Waals surface area contributed by atoms with Crippen molar-refractivity contribution in [2.24, 2.45) is 5.73 Å². The van der Waals surface area contributed by atoms with Gasteiger partial charge in [0.25, 0.3) is 5.91 Å². The topological polar surface area (TPSA) is 72.6 Å². The molecule has 2 amide bonds. The number of carbonyl (C=O) groups excluding carboxylic acids is 2. The first-order valence-corrected chi connectivity index (χ1v) is 8.16. The Bertz CT molecular complexity index is 685. The number of thioether (sulfide) groups is 1. The number of amides is 2. The number of rotatable bonds is 3. The van der Waals surface area contributed by atoms with Crippen LogP contribution in [0.3, 0.4) is 0 Å². The number of benzene rings is 1. The van der Waals surface area contributed by atoms with Crippen molar-refractivity contribution in [3.8, 4) is 0 Å². The van der Waals surface area contributed by atoms with Gasteiger partial charge < -0.3 is 10.5 Å². The lowest BCUT2D eigenvalue weighted by Gasteiger charge is -2.18. The van der Waals surface area contributed by atoms with Crippen LogP contribution >= 0.6 is 11.8 Å². The first-order chi connectivity index (χ1) is 11.0. The highest BCUT2D eigenvalue weighted by atomic mass is 32.2. The summed E-state index contributed by atoms with van der Waals surface area (Å²) in [5, 5.41) is 0. The van der Waals surface area contributed by atoms with Crippen LogP contribution in [0, 0.1) is 11.6 Å². The fourth-order valence-corrected chi connectivity index (χ4v) is 3.45. The molecule has 1 saturated heterocycles. The average Bonchev–Trinajstić information content (AvgIpc) is 2.90. The van der Waals surface area contributed by atoms with Gasteiger partial charge in [-0.3, -0.25) is 9.69 Å². The van der Waals surface area contributed by atoms with Crippen LogP contribution in [-0.4, -0.2) is 36.2 Å². The minimum atomic E-state index is -1.12. The summed E-state index contributed by atoms with van der Waals surface area (Å²) in [6.45, 7) is -0.161. The second-order valence-electron chi connectivity index (χ2n) is 5.22. The molecule has 1 aromatic rings. The van der Waals surface area contributed by atoms with E-state index < -0.39 is 29.7 Å². The molecule has 0 aliphatic carbocycles. The molecule has 122 valence electrons. The van der Waals surface area contributed by atoms with Crippen LogP contribution in [0.15, 0.2) is 18.2 Å². The van der Waals surface area contributed by atoms with Gasteiger partial charge in [0, 0.05) is 11.3 Å². The van der Waals surface area contributed by atoms with E-state index >= 15 is 0 Å². The molecule has 0 spiro atoms. The zero-order chi connectivity index (χ0) is 16.6. The van der Waals surface area contributed by atoms with Gasteiger partial charge in [0.2, 0.25) is 0 Å². The minimum absolute atomic E-state index is 0.00304. The van der Waals surface area contributed by atoms with Crippen molar-refractivity contribution in [2.45, 2.75) is 12.5 Å². The van der Waals surface area contributed by atoms with Crippen molar-refractivity contribution in [1.29, 1.82) is 0 Å². The SMILES string of the molecule is NC(=O)[C@H]1CN(c2cc(F)c(C3=CCSCC3)c(F)c2)C(=O)O1. The molecule has 1 aromatic carbocycles. The molecule has 2 aliphatic rings. The Balaban J connectivity index is 1.92. The number of cyclic esters (lactones) is 1. The highest BCUT2D eigenvalue weighted by Gasteiger charge is 2.36. The Morgan fingerprint density at radius 3 is 2.57 bits per heavy atom. The first-order valence-electron chi connectivity index (χ1n) is 7.01. The number of hydrogen-bond donors (Lipinski definition) is 1. The molecule has 0 radical (unpaired) electrons. The molecule has 0 aromatic heterocycles. The van der Waals surface area contributed by atoms with Gasteiger partial charge in [0.15, 0.2) is 6.10 Å². The summed E-state index contributed by atoms with van der Waals surface area (Å²) in [6, 6.07) is 2.15. The van der Waals surface area contributed by atoms with E-state index in [2.05, 4.69) is 0 Å². The predicted octanol–water partition coefficient (Wildman–Crippen LogP) is 2.30. The highest BCUT2D eigenvalue weighted by Crippen LogP contribution is 2.33. The van der Waals surface area contributed by atoms with E-state index in [1.807, 2.05) is 6.08 Å². The molecule has 8 heteroatoms. The van der Waals surface area contributed by atoms with Gasteiger partial charge in [0.05, 0.1) is 12.2 Å². The van der Waals surface area contributed by atoms with Crippen molar-refractivity contribution in [2.75, 3.05) is 23.0 Å². The average molecular weight is 340 g/mol. The van der Waals surface area contributed by atoms with Gasteiger partial charge in [-0.15, -0.1) is 0 Å². The summed E-state index contributed by atoms with van der Waals surface area (Å²) in [4.78, 5) is 23.8. The van der Waals surface area contributed by atoms with E-state index in [1.54, 1.807) is 11.8 Å². The maximum atomic E-state index is 14.4. The van der Waals surface area contributed by atoms with E-state index in [-0.39, 0.29) is 17.8 Å². The number of nitrogens with zero attached hydrogens (tertiary/aromatic N) is 1. The molecule has 1 fully saturated rings. The number of anilines is 1. The van der Waals surface area contributed by atoms with Crippen LogP contribution in [0.5, 0.6) is 0 Å². The lowest BCUT2D eigenvalue weighted by molar-refractivity contribution is -0.124. The van der Waals surface area contributed by atoms with Crippen molar-refractivity contribution >= 4 is 35.0 Å². The van der Waals surface area contributed by atoms with Crippen LogP contribution in [0.1, 0.15) is 12.0 Å². The fraction of sp³-hybridized carbons (Fsp3) is 0.333. The Morgan fingerprint density at radius 2 is 2.04 bits per heavy atom. The van der Waals surface area contributed by atoms with Crippen LogP contribution in [0.2, 0.25) is 0 Å². The number of nitrogens with two attached hydrogens (primary N) is 1.